The van der Waals surface area contributed by atoms with E-state index in [-0.39, 0.29) is 18.8 Å². The zero-order chi connectivity index (χ0) is 14.8. The number of halogens is 2. The highest BCUT2D eigenvalue weighted by Crippen LogP contribution is 2.36. The fourth-order valence-electron chi connectivity index (χ4n) is 1.95. The number of thiazole rings is 1. The van der Waals surface area contributed by atoms with Crippen LogP contribution in [-0.4, -0.2) is 16.1 Å². The Bertz CT molecular complexity index is 767. The number of aromatic nitrogens is 1. The second kappa shape index (κ2) is 7.24. The summed E-state index contributed by atoms with van der Waals surface area (Å²) in [7, 11) is 0. The van der Waals surface area contributed by atoms with Crippen LogP contribution < -0.4 is 0 Å². The highest BCUT2D eigenvalue weighted by atomic mass is 35.5. The van der Waals surface area contributed by atoms with Crippen LogP contribution in [0.5, 0.6) is 0 Å². The molecule has 0 aliphatic carbocycles. The van der Waals surface area contributed by atoms with Gasteiger partial charge < -0.3 is 5.11 Å². The minimum atomic E-state index is -0.855. The fraction of sp³-hybridized carbons (Fsp3) is 0.0667. The molecule has 0 saturated heterocycles. The van der Waals surface area contributed by atoms with Gasteiger partial charge in [0.25, 0.3) is 0 Å². The van der Waals surface area contributed by atoms with Crippen molar-refractivity contribution in [1.29, 1.82) is 0 Å². The second-order valence-corrected chi connectivity index (χ2v) is 6.81. The SMILES string of the molecule is Cl.O=C(O)Cc1sc(-c2cccs2)nc1-c1ccc(Cl)cc1. The van der Waals surface area contributed by atoms with Crippen LogP contribution in [0.1, 0.15) is 4.88 Å². The Morgan fingerprint density at radius 2 is 1.95 bits per heavy atom. The molecule has 114 valence electrons. The number of hydrogen-bond donors (Lipinski definition) is 1. The lowest BCUT2D eigenvalue weighted by atomic mass is 10.1. The van der Waals surface area contributed by atoms with Crippen LogP contribution >= 0.6 is 46.7 Å². The van der Waals surface area contributed by atoms with E-state index in [0.29, 0.717) is 5.02 Å². The van der Waals surface area contributed by atoms with E-state index in [4.69, 9.17) is 16.7 Å². The van der Waals surface area contributed by atoms with Crippen LogP contribution in [0, 0.1) is 0 Å². The zero-order valence-corrected chi connectivity index (χ0v) is 14.4. The largest absolute Gasteiger partial charge is 0.481 e. The Balaban J connectivity index is 0.00000176. The highest BCUT2D eigenvalue weighted by Gasteiger charge is 2.17. The third-order valence-electron chi connectivity index (χ3n) is 2.86. The molecule has 0 unspecified atom stereocenters. The molecule has 1 aromatic carbocycles. The van der Waals surface area contributed by atoms with Gasteiger partial charge in [0.05, 0.1) is 17.0 Å². The Morgan fingerprint density at radius 3 is 2.55 bits per heavy atom. The number of thiophene rings is 1. The third-order valence-corrected chi connectivity index (χ3v) is 5.21. The van der Waals surface area contributed by atoms with Gasteiger partial charge in [-0.15, -0.1) is 35.1 Å². The van der Waals surface area contributed by atoms with E-state index < -0.39 is 5.97 Å². The van der Waals surface area contributed by atoms with Gasteiger partial charge in [-0.05, 0) is 23.6 Å². The maximum atomic E-state index is 11.1. The summed E-state index contributed by atoms with van der Waals surface area (Å²) < 4.78 is 0. The number of benzene rings is 1. The average molecular weight is 372 g/mol. The molecular formula is C15H11Cl2NO2S2. The maximum absolute atomic E-state index is 11.1. The molecule has 0 amide bonds. The van der Waals surface area contributed by atoms with Crippen molar-refractivity contribution < 1.29 is 9.90 Å². The topological polar surface area (TPSA) is 50.2 Å². The molecule has 2 aromatic heterocycles. The molecule has 0 aliphatic rings. The van der Waals surface area contributed by atoms with E-state index in [1.165, 1.54) is 11.3 Å². The quantitative estimate of drug-likeness (QED) is 0.681. The van der Waals surface area contributed by atoms with Gasteiger partial charge >= 0.3 is 5.97 Å². The van der Waals surface area contributed by atoms with Crippen molar-refractivity contribution >= 4 is 52.7 Å². The number of hydrogen-bond acceptors (Lipinski definition) is 4. The van der Waals surface area contributed by atoms with Gasteiger partial charge in [-0.25, -0.2) is 4.98 Å². The summed E-state index contributed by atoms with van der Waals surface area (Å²) >= 11 is 8.92. The van der Waals surface area contributed by atoms with Crippen LogP contribution in [0.2, 0.25) is 5.02 Å². The Hall–Kier alpha value is -1.40. The van der Waals surface area contributed by atoms with Crippen LogP contribution in [0.15, 0.2) is 41.8 Å². The molecule has 1 N–H and O–H groups in total. The number of aliphatic carboxylic acids is 1. The first kappa shape index (κ1) is 17.0. The first-order chi connectivity index (χ1) is 10.1. The van der Waals surface area contributed by atoms with Gasteiger partial charge in [0.1, 0.15) is 5.01 Å². The molecule has 0 spiro atoms. The summed E-state index contributed by atoms with van der Waals surface area (Å²) in [5.74, 6) is -0.855. The molecule has 3 rings (SSSR count). The lowest BCUT2D eigenvalue weighted by molar-refractivity contribution is -0.136. The molecule has 7 heteroatoms. The minimum absolute atomic E-state index is 0. The smallest absolute Gasteiger partial charge is 0.308 e. The van der Waals surface area contributed by atoms with Crippen molar-refractivity contribution in [1.82, 2.24) is 4.98 Å². The number of carboxylic acids is 1. The predicted molar refractivity (Wildman–Crippen MR) is 94.5 cm³/mol. The number of nitrogens with zero attached hydrogens (tertiary/aromatic N) is 1. The number of carboxylic acid groups (broad SMARTS) is 1. The maximum Gasteiger partial charge on any atom is 0.308 e. The van der Waals surface area contributed by atoms with Crippen molar-refractivity contribution in [3.8, 4) is 21.1 Å². The fourth-order valence-corrected chi connectivity index (χ4v) is 3.95. The lowest BCUT2D eigenvalue weighted by Crippen LogP contribution is -1.99. The van der Waals surface area contributed by atoms with E-state index in [2.05, 4.69) is 4.98 Å². The molecule has 0 saturated carbocycles. The van der Waals surface area contributed by atoms with E-state index >= 15 is 0 Å². The molecule has 0 fully saturated rings. The van der Waals surface area contributed by atoms with E-state index in [1.807, 2.05) is 29.6 Å². The Kier molecular flexibility index (Phi) is 5.58. The molecule has 2 heterocycles. The molecule has 3 aromatic rings. The van der Waals surface area contributed by atoms with Gasteiger partial charge in [-0.1, -0.05) is 29.8 Å². The molecule has 3 nitrogen and oxygen atoms in total. The third kappa shape index (κ3) is 3.67. The van der Waals surface area contributed by atoms with Crippen LogP contribution in [0.25, 0.3) is 21.1 Å². The van der Waals surface area contributed by atoms with Crippen molar-refractivity contribution in [2.45, 2.75) is 6.42 Å². The first-order valence-corrected chi connectivity index (χ1v) is 8.22. The molecule has 0 bridgehead atoms. The summed E-state index contributed by atoms with van der Waals surface area (Å²) in [6.45, 7) is 0. The van der Waals surface area contributed by atoms with Crippen LogP contribution in [-0.2, 0) is 11.2 Å². The molecule has 0 aliphatic heterocycles. The van der Waals surface area contributed by atoms with Crippen LogP contribution in [0.3, 0.4) is 0 Å². The Morgan fingerprint density at radius 1 is 1.23 bits per heavy atom. The molecule has 22 heavy (non-hydrogen) atoms. The summed E-state index contributed by atoms with van der Waals surface area (Å²) in [6.07, 6.45) is -0.0268. The van der Waals surface area contributed by atoms with Gasteiger partial charge in [-0.2, -0.15) is 0 Å². The van der Waals surface area contributed by atoms with Crippen molar-refractivity contribution in [2.24, 2.45) is 0 Å². The normalized spacial score (nSPS) is 10.2. The zero-order valence-electron chi connectivity index (χ0n) is 11.2. The first-order valence-electron chi connectivity index (χ1n) is 6.15. The molecule has 0 radical (unpaired) electrons. The summed E-state index contributed by atoms with van der Waals surface area (Å²) in [4.78, 5) is 17.5. The van der Waals surface area contributed by atoms with Gasteiger partial charge in [-0.3, -0.25) is 4.79 Å². The predicted octanol–water partition coefficient (Wildman–Crippen LogP) is 5.24. The van der Waals surface area contributed by atoms with Gasteiger partial charge in [0, 0.05) is 15.5 Å². The van der Waals surface area contributed by atoms with Crippen molar-refractivity contribution in [2.75, 3.05) is 0 Å². The monoisotopic (exact) mass is 371 g/mol. The lowest BCUT2D eigenvalue weighted by Gasteiger charge is -2.00. The minimum Gasteiger partial charge on any atom is -0.481 e. The average Bonchev–Trinajstić information content (AvgIpc) is 3.08. The van der Waals surface area contributed by atoms with E-state index in [0.717, 1.165) is 26.0 Å². The Labute approximate surface area is 146 Å². The van der Waals surface area contributed by atoms with E-state index in [1.54, 1.807) is 23.5 Å². The van der Waals surface area contributed by atoms with Crippen molar-refractivity contribution in [3.05, 3.63) is 51.7 Å². The van der Waals surface area contributed by atoms with Crippen molar-refractivity contribution in [3.63, 3.8) is 0 Å². The summed E-state index contributed by atoms with van der Waals surface area (Å²) in [6, 6.07) is 11.2. The molecular weight excluding hydrogens is 361 g/mol. The number of carbonyl (C=O) groups is 1. The summed E-state index contributed by atoms with van der Waals surface area (Å²) in [5, 5.41) is 12.6. The summed E-state index contributed by atoms with van der Waals surface area (Å²) in [5.41, 5.74) is 1.61. The highest BCUT2D eigenvalue weighted by molar-refractivity contribution is 7.21. The number of rotatable bonds is 4. The van der Waals surface area contributed by atoms with Gasteiger partial charge in [0.15, 0.2) is 0 Å². The van der Waals surface area contributed by atoms with Gasteiger partial charge in [0.2, 0.25) is 0 Å². The molecule has 0 atom stereocenters. The van der Waals surface area contributed by atoms with E-state index in [9.17, 15) is 4.79 Å². The van der Waals surface area contributed by atoms with Crippen LogP contribution in [0.4, 0.5) is 0 Å². The standard InChI is InChI=1S/C15H10ClNO2S2.ClH/c16-10-5-3-9(4-6-10)14-12(8-13(18)19)21-15(17-14)11-2-1-7-20-11;/h1-7H,8H2,(H,18,19);1H. The second-order valence-electron chi connectivity index (χ2n) is 4.35.